The normalized spacial score (nSPS) is 25.2. The van der Waals surface area contributed by atoms with Crippen molar-refractivity contribution in [3.05, 3.63) is 77.9 Å². The summed E-state index contributed by atoms with van der Waals surface area (Å²) < 4.78 is 71.4. The molecule has 0 saturated heterocycles. The largest absolute Gasteiger partial charge is 0.484 e. The van der Waals surface area contributed by atoms with Gasteiger partial charge in [0, 0.05) is 11.6 Å². The molecule has 0 spiro atoms. The van der Waals surface area contributed by atoms with E-state index < -0.39 is 30.0 Å². The second kappa shape index (κ2) is 7.76. The summed E-state index contributed by atoms with van der Waals surface area (Å²) in [4.78, 5) is 3.88. The predicted octanol–water partition coefficient (Wildman–Crippen LogP) is 4.90. The van der Waals surface area contributed by atoms with Crippen LogP contribution in [0.1, 0.15) is 36.8 Å². The fourth-order valence-electron chi connectivity index (χ4n) is 5.87. The van der Waals surface area contributed by atoms with Crippen LogP contribution in [-0.4, -0.2) is 32.7 Å². The van der Waals surface area contributed by atoms with Crippen molar-refractivity contribution in [1.82, 2.24) is 14.8 Å². The molecule has 0 unspecified atom stereocenters. The van der Waals surface area contributed by atoms with Crippen molar-refractivity contribution in [2.24, 2.45) is 5.41 Å². The molecule has 0 aliphatic heterocycles. The third-order valence-corrected chi connectivity index (χ3v) is 7.00. The fourth-order valence-corrected chi connectivity index (χ4v) is 5.87. The highest BCUT2D eigenvalue weighted by Crippen LogP contribution is 2.76. The summed E-state index contributed by atoms with van der Waals surface area (Å²) in [6.45, 7) is -1.37. The highest BCUT2D eigenvalue weighted by molar-refractivity contribution is 5.42. The third kappa shape index (κ3) is 4.15. The van der Waals surface area contributed by atoms with Gasteiger partial charge >= 0.3 is 6.18 Å². The lowest BCUT2D eigenvalue weighted by Crippen LogP contribution is -2.66. The Morgan fingerprint density at radius 2 is 1.74 bits per heavy atom. The first-order valence-corrected chi connectivity index (χ1v) is 10.8. The van der Waals surface area contributed by atoms with Gasteiger partial charge in [0.25, 0.3) is 0 Å². The Hall–Kier alpha value is -3.01. The smallest absolute Gasteiger partial charge is 0.422 e. The third-order valence-electron chi connectivity index (χ3n) is 7.00. The van der Waals surface area contributed by atoms with Gasteiger partial charge in [0.05, 0.1) is 6.54 Å². The van der Waals surface area contributed by atoms with E-state index in [-0.39, 0.29) is 35.1 Å². The highest BCUT2D eigenvalue weighted by atomic mass is 19.4. The lowest BCUT2D eigenvalue weighted by molar-refractivity contribution is -0.188. The monoisotopic (exact) mass is 479 g/mol. The molecule has 2 bridgehead atoms. The van der Waals surface area contributed by atoms with Crippen LogP contribution in [0.4, 0.5) is 22.0 Å². The van der Waals surface area contributed by atoms with Gasteiger partial charge in [-0.15, -0.1) is 0 Å². The number of hydrogen-bond donors (Lipinski definition) is 1. The number of alkyl halides is 3. The maximum Gasteiger partial charge on any atom is 0.422 e. The molecule has 34 heavy (non-hydrogen) atoms. The van der Waals surface area contributed by atoms with Gasteiger partial charge in [-0.1, -0.05) is 18.2 Å². The molecule has 3 aromatic rings. The van der Waals surface area contributed by atoms with Crippen molar-refractivity contribution in [1.29, 1.82) is 0 Å². The number of aromatic nitrogens is 3. The Morgan fingerprint density at radius 3 is 2.32 bits per heavy atom. The van der Waals surface area contributed by atoms with Gasteiger partial charge in [0.2, 0.25) is 0 Å². The van der Waals surface area contributed by atoms with Gasteiger partial charge in [0.15, 0.2) is 6.61 Å². The molecule has 5 nitrogen and oxygen atoms in total. The lowest BCUT2D eigenvalue weighted by atomic mass is 9.32. The summed E-state index contributed by atoms with van der Waals surface area (Å²) in [7, 11) is 0. The van der Waals surface area contributed by atoms with Crippen LogP contribution in [0.3, 0.4) is 0 Å². The topological polar surface area (TPSA) is 60.2 Å². The van der Waals surface area contributed by atoms with E-state index in [2.05, 4.69) is 10.1 Å². The van der Waals surface area contributed by atoms with E-state index in [1.807, 2.05) is 0 Å². The molecule has 0 radical (unpaired) electrons. The molecular formula is C24H22F5N3O2. The van der Waals surface area contributed by atoms with E-state index in [4.69, 9.17) is 4.74 Å². The summed E-state index contributed by atoms with van der Waals surface area (Å²) in [5.41, 5.74) is -0.941. The zero-order chi connectivity index (χ0) is 24.2. The molecule has 3 saturated carbocycles. The minimum Gasteiger partial charge on any atom is -0.484 e. The number of nitrogens with zero attached hydrogens (tertiary/aromatic N) is 3. The average molecular weight is 479 g/mol. The van der Waals surface area contributed by atoms with Crippen molar-refractivity contribution < 1.29 is 31.8 Å². The zero-order valence-electron chi connectivity index (χ0n) is 18.0. The summed E-state index contributed by atoms with van der Waals surface area (Å²) in [6, 6.07) is 9.75. The summed E-state index contributed by atoms with van der Waals surface area (Å²) in [5.74, 6) is -1.40. The number of hydrogen-bond acceptors (Lipinski definition) is 4. The van der Waals surface area contributed by atoms with Crippen LogP contribution in [0.15, 0.2) is 55.1 Å². The van der Waals surface area contributed by atoms with Gasteiger partial charge in [-0.05, 0) is 60.3 Å². The van der Waals surface area contributed by atoms with E-state index in [1.54, 1.807) is 12.1 Å². The van der Waals surface area contributed by atoms with Crippen LogP contribution in [0, 0.1) is 17.0 Å². The second-order valence-electron chi connectivity index (χ2n) is 9.66. The van der Waals surface area contributed by atoms with E-state index >= 15 is 0 Å². The first-order valence-electron chi connectivity index (χ1n) is 10.8. The van der Waals surface area contributed by atoms with E-state index in [0.717, 1.165) is 37.0 Å². The molecule has 6 rings (SSSR count). The predicted molar refractivity (Wildman–Crippen MR) is 111 cm³/mol. The minimum atomic E-state index is -4.40. The Morgan fingerprint density at radius 1 is 1.03 bits per heavy atom. The van der Waals surface area contributed by atoms with Crippen LogP contribution < -0.4 is 4.74 Å². The van der Waals surface area contributed by atoms with Gasteiger partial charge in [-0.3, -0.25) is 0 Å². The lowest BCUT2D eigenvalue weighted by Gasteiger charge is -2.72. The number of benzene rings is 2. The van der Waals surface area contributed by atoms with E-state index in [0.29, 0.717) is 0 Å². The van der Waals surface area contributed by atoms with Gasteiger partial charge in [-0.2, -0.15) is 18.3 Å². The summed E-state index contributed by atoms with van der Waals surface area (Å²) in [6.07, 6.45) is 0.877. The molecule has 180 valence electrons. The Balaban J connectivity index is 1.30. The van der Waals surface area contributed by atoms with Crippen LogP contribution in [-0.2, 0) is 17.6 Å². The first kappa shape index (κ1) is 22.8. The minimum absolute atomic E-state index is 0.00865. The molecule has 1 heterocycles. The molecule has 1 N–H and O–H groups in total. The molecule has 3 aliphatic carbocycles. The van der Waals surface area contributed by atoms with Crippen molar-refractivity contribution in [2.75, 3.05) is 6.61 Å². The summed E-state index contributed by atoms with van der Waals surface area (Å²) in [5, 5.41) is 15.6. The number of aliphatic hydroxyl groups is 1. The molecule has 1 aromatic heterocycles. The molecule has 3 aliphatic rings. The highest BCUT2D eigenvalue weighted by Gasteiger charge is 2.69. The van der Waals surface area contributed by atoms with Crippen molar-refractivity contribution in [3.63, 3.8) is 0 Å². The van der Waals surface area contributed by atoms with E-state index in [9.17, 15) is 27.1 Å². The van der Waals surface area contributed by atoms with Crippen LogP contribution in [0.5, 0.6) is 5.75 Å². The van der Waals surface area contributed by atoms with Crippen LogP contribution in [0.25, 0.3) is 0 Å². The molecule has 10 heteroatoms. The van der Waals surface area contributed by atoms with Gasteiger partial charge in [0.1, 0.15) is 35.6 Å². The van der Waals surface area contributed by atoms with Gasteiger partial charge in [-0.25, -0.2) is 18.4 Å². The van der Waals surface area contributed by atoms with Crippen molar-refractivity contribution >= 4 is 0 Å². The second-order valence-corrected chi connectivity index (χ2v) is 9.66. The van der Waals surface area contributed by atoms with Crippen LogP contribution in [0.2, 0.25) is 0 Å². The maximum absolute atomic E-state index is 14.7. The van der Waals surface area contributed by atoms with E-state index in [1.165, 1.54) is 35.5 Å². The fraction of sp³-hybridized carbons (Fsp3) is 0.417. The number of rotatable bonds is 8. The SMILES string of the molecule is O[C@](Cn1cncn1)(CC12CC(c3ccc(OCC(F)(F)F)cc3)(C1)C2)c1ccc(F)cc1F. The summed E-state index contributed by atoms with van der Waals surface area (Å²) >= 11 is 0. The Kier molecular flexibility index (Phi) is 5.20. The number of ether oxygens (including phenoxy) is 1. The molecule has 0 amide bonds. The first-order chi connectivity index (χ1) is 16.0. The van der Waals surface area contributed by atoms with Crippen LogP contribution >= 0.6 is 0 Å². The Labute approximate surface area is 192 Å². The van der Waals surface area contributed by atoms with Crippen molar-refractivity contribution in [2.45, 2.75) is 49.4 Å². The number of halogens is 5. The molecule has 1 atom stereocenters. The van der Waals surface area contributed by atoms with Gasteiger partial charge < -0.3 is 9.84 Å². The molecule has 2 aromatic carbocycles. The standard InChI is InChI=1S/C24H22F5N3O2/c25-17-3-6-19(20(26)7-17)23(33,12-32-15-30-14-31-32)11-21-8-22(9-21,10-21)16-1-4-18(5-2-16)34-13-24(27,28)29/h1-7,14-15,33H,8-13H2/t21?,22?,23-/m0/s1. The maximum atomic E-state index is 14.7. The molecular weight excluding hydrogens is 457 g/mol. The molecule has 3 fully saturated rings. The zero-order valence-corrected chi connectivity index (χ0v) is 18.0. The quantitative estimate of drug-likeness (QED) is 0.467. The average Bonchev–Trinajstić information content (AvgIpc) is 3.20. The van der Waals surface area contributed by atoms with Crippen molar-refractivity contribution in [3.8, 4) is 5.75 Å². The Bertz CT molecular complexity index is 1160.